The van der Waals surface area contributed by atoms with Gasteiger partial charge < -0.3 is 10.1 Å². The minimum Gasteiger partial charge on any atom is -0.491 e. The molecule has 2 aromatic rings. The molecule has 0 spiro atoms. The standard InChI is InChI=1S/C17H18ClNO2/c1-12-3-9-16(10-4-12)21-11-13(2)19-17(20)14-5-7-15(18)8-6-14/h3-10,13H,11H2,1-2H3,(H,19,20). The second kappa shape index (κ2) is 7.14. The first kappa shape index (κ1) is 15.4. The van der Waals surface area contributed by atoms with Crippen LogP contribution >= 0.6 is 11.6 Å². The Kier molecular flexibility index (Phi) is 5.23. The van der Waals surface area contributed by atoms with Crippen LogP contribution in [0.3, 0.4) is 0 Å². The molecule has 0 heterocycles. The molecule has 1 amide bonds. The first-order valence-corrected chi connectivity index (χ1v) is 7.18. The van der Waals surface area contributed by atoms with Crippen LogP contribution in [0.2, 0.25) is 5.02 Å². The van der Waals surface area contributed by atoms with Gasteiger partial charge in [-0.2, -0.15) is 0 Å². The van der Waals surface area contributed by atoms with Gasteiger partial charge in [0.25, 0.3) is 5.91 Å². The van der Waals surface area contributed by atoms with Crippen LogP contribution < -0.4 is 10.1 Å². The Hall–Kier alpha value is -2.00. The summed E-state index contributed by atoms with van der Waals surface area (Å²) in [4.78, 5) is 12.0. The number of nitrogens with one attached hydrogen (secondary N) is 1. The molecule has 0 bridgehead atoms. The van der Waals surface area contributed by atoms with Crippen LogP contribution in [0, 0.1) is 6.92 Å². The number of amides is 1. The third-order valence-electron chi connectivity index (χ3n) is 3.00. The predicted molar refractivity (Wildman–Crippen MR) is 85.1 cm³/mol. The summed E-state index contributed by atoms with van der Waals surface area (Å²) in [6, 6.07) is 14.5. The van der Waals surface area contributed by atoms with Crippen LogP contribution in [-0.4, -0.2) is 18.6 Å². The summed E-state index contributed by atoms with van der Waals surface area (Å²) in [5, 5.41) is 3.50. The van der Waals surface area contributed by atoms with Crippen molar-refractivity contribution < 1.29 is 9.53 Å². The van der Waals surface area contributed by atoms with E-state index in [1.54, 1.807) is 24.3 Å². The molecule has 21 heavy (non-hydrogen) atoms. The molecule has 0 aliphatic heterocycles. The van der Waals surface area contributed by atoms with Gasteiger partial charge in [0.1, 0.15) is 12.4 Å². The van der Waals surface area contributed by atoms with Crippen molar-refractivity contribution in [3.05, 3.63) is 64.7 Å². The Labute approximate surface area is 129 Å². The van der Waals surface area contributed by atoms with Crippen molar-refractivity contribution in [1.29, 1.82) is 0 Å². The molecule has 1 unspecified atom stereocenters. The fourth-order valence-corrected chi connectivity index (χ4v) is 1.93. The normalized spacial score (nSPS) is 11.8. The van der Waals surface area contributed by atoms with Crippen LogP contribution in [0.5, 0.6) is 5.75 Å². The fourth-order valence-electron chi connectivity index (χ4n) is 1.81. The third kappa shape index (κ3) is 4.80. The molecule has 0 aromatic heterocycles. The van der Waals surface area contributed by atoms with Gasteiger partial charge in [-0.3, -0.25) is 4.79 Å². The number of aryl methyl sites for hydroxylation is 1. The summed E-state index contributed by atoms with van der Waals surface area (Å²) in [6.45, 7) is 4.35. The molecule has 2 rings (SSSR count). The lowest BCUT2D eigenvalue weighted by molar-refractivity contribution is 0.0926. The first-order valence-electron chi connectivity index (χ1n) is 6.80. The van der Waals surface area contributed by atoms with E-state index in [0.29, 0.717) is 17.2 Å². The second-order valence-corrected chi connectivity index (χ2v) is 5.44. The van der Waals surface area contributed by atoms with Gasteiger partial charge in [0, 0.05) is 10.6 Å². The van der Waals surface area contributed by atoms with Gasteiger partial charge in [-0.05, 0) is 50.2 Å². The van der Waals surface area contributed by atoms with Gasteiger partial charge in [0.15, 0.2) is 0 Å². The number of rotatable bonds is 5. The number of carbonyl (C=O) groups excluding carboxylic acids is 1. The van der Waals surface area contributed by atoms with Crippen LogP contribution in [0.4, 0.5) is 0 Å². The van der Waals surface area contributed by atoms with Gasteiger partial charge in [-0.1, -0.05) is 29.3 Å². The Morgan fingerprint density at radius 2 is 1.76 bits per heavy atom. The maximum Gasteiger partial charge on any atom is 0.251 e. The van der Waals surface area contributed by atoms with E-state index in [1.807, 2.05) is 38.1 Å². The summed E-state index contributed by atoms with van der Waals surface area (Å²) >= 11 is 5.80. The molecule has 2 aromatic carbocycles. The maximum atomic E-state index is 12.0. The Morgan fingerprint density at radius 1 is 1.14 bits per heavy atom. The van der Waals surface area contributed by atoms with Crippen LogP contribution in [-0.2, 0) is 0 Å². The molecule has 1 N–H and O–H groups in total. The highest BCUT2D eigenvalue weighted by Crippen LogP contribution is 2.12. The van der Waals surface area contributed by atoms with Crippen molar-refractivity contribution in [2.75, 3.05) is 6.61 Å². The van der Waals surface area contributed by atoms with Gasteiger partial charge in [0.2, 0.25) is 0 Å². The molecular formula is C17H18ClNO2. The summed E-state index contributed by atoms with van der Waals surface area (Å²) < 4.78 is 5.64. The number of carbonyl (C=O) groups is 1. The molecule has 4 heteroatoms. The fraction of sp³-hybridized carbons (Fsp3) is 0.235. The summed E-state index contributed by atoms with van der Waals surface area (Å²) in [7, 11) is 0. The molecule has 0 saturated heterocycles. The average Bonchev–Trinajstić information content (AvgIpc) is 2.47. The zero-order valence-electron chi connectivity index (χ0n) is 12.1. The number of benzene rings is 2. The van der Waals surface area contributed by atoms with E-state index in [1.165, 1.54) is 5.56 Å². The molecule has 0 radical (unpaired) electrons. The van der Waals surface area contributed by atoms with Crippen molar-refractivity contribution in [3.8, 4) is 5.75 Å². The molecule has 0 aliphatic carbocycles. The van der Waals surface area contributed by atoms with Crippen LogP contribution in [0.1, 0.15) is 22.8 Å². The van der Waals surface area contributed by atoms with Crippen LogP contribution in [0.25, 0.3) is 0 Å². The monoisotopic (exact) mass is 303 g/mol. The Morgan fingerprint density at radius 3 is 2.38 bits per heavy atom. The van der Waals surface area contributed by atoms with Gasteiger partial charge >= 0.3 is 0 Å². The van der Waals surface area contributed by atoms with E-state index < -0.39 is 0 Å². The highest BCUT2D eigenvalue weighted by Gasteiger charge is 2.10. The number of hydrogen-bond acceptors (Lipinski definition) is 2. The molecule has 0 aliphatic rings. The van der Waals surface area contributed by atoms with Crippen LogP contribution in [0.15, 0.2) is 48.5 Å². The van der Waals surface area contributed by atoms with E-state index in [4.69, 9.17) is 16.3 Å². The van der Waals surface area contributed by atoms with Gasteiger partial charge in [-0.15, -0.1) is 0 Å². The number of ether oxygens (including phenoxy) is 1. The average molecular weight is 304 g/mol. The topological polar surface area (TPSA) is 38.3 Å². The SMILES string of the molecule is Cc1ccc(OCC(C)NC(=O)c2ccc(Cl)cc2)cc1. The Balaban J connectivity index is 1.83. The predicted octanol–water partition coefficient (Wildman–Crippen LogP) is 3.85. The van der Waals surface area contributed by atoms with Gasteiger partial charge in [-0.25, -0.2) is 0 Å². The van der Waals surface area contributed by atoms with Crippen molar-refractivity contribution in [2.24, 2.45) is 0 Å². The molecule has 0 saturated carbocycles. The van der Waals surface area contributed by atoms with E-state index >= 15 is 0 Å². The molecular weight excluding hydrogens is 286 g/mol. The van der Waals surface area contributed by atoms with Crippen molar-refractivity contribution in [1.82, 2.24) is 5.32 Å². The number of hydrogen-bond donors (Lipinski definition) is 1. The van der Waals surface area contributed by atoms with Crippen molar-refractivity contribution in [2.45, 2.75) is 19.9 Å². The van der Waals surface area contributed by atoms with E-state index in [2.05, 4.69) is 5.32 Å². The zero-order valence-corrected chi connectivity index (χ0v) is 12.9. The van der Waals surface area contributed by atoms with E-state index in [-0.39, 0.29) is 11.9 Å². The second-order valence-electron chi connectivity index (χ2n) is 5.01. The molecule has 1 atom stereocenters. The molecule has 0 fully saturated rings. The summed E-state index contributed by atoms with van der Waals surface area (Å²) in [5.74, 6) is 0.667. The zero-order chi connectivity index (χ0) is 15.2. The highest BCUT2D eigenvalue weighted by atomic mass is 35.5. The minimum atomic E-state index is -0.133. The molecule has 3 nitrogen and oxygen atoms in total. The smallest absolute Gasteiger partial charge is 0.251 e. The Bertz CT molecular complexity index is 593. The maximum absolute atomic E-state index is 12.0. The third-order valence-corrected chi connectivity index (χ3v) is 3.26. The lowest BCUT2D eigenvalue weighted by atomic mass is 10.2. The largest absolute Gasteiger partial charge is 0.491 e. The van der Waals surface area contributed by atoms with Crippen molar-refractivity contribution in [3.63, 3.8) is 0 Å². The molecule has 110 valence electrons. The summed E-state index contributed by atoms with van der Waals surface area (Å²) in [5.41, 5.74) is 1.77. The lowest BCUT2D eigenvalue weighted by Crippen LogP contribution is -2.36. The highest BCUT2D eigenvalue weighted by molar-refractivity contribution is 6.30. The van der Waals surface area contributed by atoms with Gasteiger partial charge in [0.05, 0.1) is 6.04 Å². The lowest BCUT2D eigenvalue weighted by Gasteiger charge is -2.15. The van der Waals surface area contributed by atoms with Crippen molar-refractivity contribution >= 4 is 17.5 Å². The minimum absolute atomic E-state index is 0.0884. The van der Waals surface area contributed by atoms with E-state index in [9.17, 15) is 4.79 Å². The van der Waals surface area contributed by atoms with E-state index in [0.717, 1.165) is 5.75 Å². The number of halogens is 1. The first-order chi connectivity index (χ1) is 10.0. The summed E-state index contributed by atoms with van der Waals surface area (Å²) in [6.07, 6.45) is 0. The quantitative estimate of drug-likeness (QED) is 0.911.